The van der Waals surface area contributed by atoms with E-state index in [-0.39, 0.29) is 17.5 Å². The molecule has 3 aromatic rings. The van der Waals surface area contributed by atoms with Crippen molar-refractivity contribution in [1.82, 2.24) is 4.90 Å². The van der Waals surface area contributed by atoms with Crippen LogP contribution in [0.25, 0.3) is 0 Å². The molecule has 1 atom stereocenters. The van der Waals surface area contributed by atoms with E-state index in [1.165, 1.54) is 13.2 Å². The summed E-state index contributed by atoms with van der Waals surface area (Å²) in [6.07, 6.45) is 0. The predicted octanol–water partition coefficient (Wildman–Crippen LogP) is 3.08. The molecule has 1 N–H and O–H groups in total. The molecule has 30 heavy (non-hydrogen) atoms. The Hall–Kier alpha value is -3.18. The summed E-state index contributed by atoms with van der Waals surface area (Å²) in [4.78, 5) is 16.0. The molecule has 0 saturated carbocycles. The molecule has 5 heteroatoms. The number of ether oxygens (including phenoxy) is 1. The fraction of sp³-hybridized carbons (Fsp3) is 0.240. The topological polar surface area (TPSA) is 34.0 Å². The molecule has 0 saturated heterocycles. The SMILES string of the molecule is COc1ccc(C[NH+](C)CC(=O)N(Cc2ccccc2)Cc2ccccc2)cc1F. The van der Waals surface area contributed by atoms with E-state index in [0.29, 0.717) is 26.2 Å². The third kappa shape index (κ3) is 6.16. The highest BCUT2D eigenvalue weighted by atomic mass is 19.1. The molecule has 0 aliphatic heterocycles. The van der Waals surface area contributed by atoms with E-state index < -0.39 is 0 Å². The summed E-state index contributed by atoms with van der Waals surface area (Å²) in [5, 5.41) is 0. The number of rotatable bonds is 9. The normalized spacial score (nSPS) is 11.7. The van der Waals surface area contributed by atoms with Gasteiger partial charge < -0.3 is 14.5 Å². The first-order valence-corrected chi connectivity index (χ1v) is 10.0. The number of hydrogen-bond donors (Lipinski definition) is 1. The highest BCUT2D eigenvalue weighted by Crippen LogP contribution is 2.17. The number of halogens is 1. The molecule has 0 bridgehead atoms. The summed E-state index contributed by atoms with van der Waals surface area (Å²) in [6, 6.07) is 24.9. The van der Waals surface area contributed by atoms with Gasteiger partial charge in [-0.25, -0.2) is 4.39 Å². The van der Waals surface area contributed by atoms with E-state index in [0.717, 1.165) is 21.6 Å². The Kier molecular flexibility index (Phi) is 7.57. The summed E-state index contributed by atoms with van der Waals surface area (Å²) in [5.74, 6) is -0.0949. The van der Waals surface area contributed by atoms with Crippen LogP contribution >= 0.6 is 0 Å². The van der Waals surface area contributed by atoms with E-state index in [2.05, 4.69) is 0 Å². The fourth-order valence-electron chi connectivity index (χ4n) is 3.44. The van der Waals surface area contributed by atoms with Gasteiger partial charge in [0, 0.05) is 18.7 Å². The largest absolute Gasteiger partial charge is 0.494 e. The zero-order valence-corrected chi connectivity index (χ0v) is 17.5. The molecular formula is C25H28FN2O2+. The van der Waals surface area contributed by atoms with Crippen LogP contribution in [0, 0.1) is 5.82 Å². The minimum atomic E-state index is -0.385. The molecule has 0 aliphatic carbocycles. The first-order valence-electron chi connectivity index (χ1n) is 10.0. The Morgan fingerprint density at radius 2 is 1.47 bits per heavy atom. The van der Waals surface area contributed by atoms with Crippen LogP contribution in [0.1, 0.15) is 16.7 Å². The molecule has 4 nitrogen and oxygen atoms in total. The van der Waals surface area contributed by atoms with E-state index in [4.69, 9.17) is 4.74 Å². The third-order valence-electron chi connectivity index (χ3n) is 4.96. The molecule has 3 aromatic carbocycles. The zero-order chi connectivity index (χ0) is 21.3. The van der Waals surface area contributed by atoms with E-state index in [9.17, 15) is 9.18 Å². The maximum absolute atomic E-state index is 14.0. The van der Waals surface area contributed by atoms with Crippen LogP contribution in [0.15, 0.2) is 78.9 Å². The molecule has 1 unspecified atom stereocenters. The number of carbonyl (C=O) groups excluding carboxylic acids is 1. The number of carbonyl (C=O) groups is 1. The van der Waals surface area contributed by atoms with Crippen LogP contribution in [0.3, 0.4) is 0 Å². The van der Waals surface area contributed by atoms with Gasteiger partial charge in [-0.15, -0.1) is 0 Å². The quantitative estimate of drug-likeness (QED) is 0.592. The zero-order valence-electron chi connectivity index (χ0n) is 17.5. The Morgan fingerprint density at radius 3 is 1.97 bits per heavy atom. The first kappa shape index (κ1) is 21.5. The predicted molar refractivity (Wildman–Crippen MR) is 116 cm³/mol. The maximum Gasteiger partial charge on any atom is 0.278 e. The number of nitrogens with zero attached hydrogens (tertiary/aromatic N) is 1. The molecule has 0 aromatic heterocycles. The highest BCUT2D eigenvalue weighted by Gasteiger charge is 2.19. The lowest BCUT2D eigenvalue weighted by atomic mass is 10.1. The van der Waals surface area contributed by atoms with Gasteiger partial charge in [-0.3, -0.25) is 4.79 Å². The second-order valence-corrected chi connectivity index (χ2v) is 7.50. The fourth-order valence-corrected chi connectivity index (χ4v) is 3.44. The average Bonchev–Trinajstić information content (AvgIpc) is 2.75. The summed E-state index contributed by atoms with van der Waals surface area (Å²) in [6.45, 7) is 1.99. The number of methoxy groups -OCH3 is 1. The summed E-state index contributed by atoms with van der Waals surface area (Å²) in [7, 11) is 3.39. The van der Waals surface area contributed by atoms with Crippen molar-refractivity contribution in [3.8, 4) is 5.75 Å². The van der Waals surface area contributed by atoms with E-state index >= 15 is 0 Å². The van der Waals surface area contributed by atoms with Gasteiger partial charge in [0.05, 0.1) is 14.2 Å². The van der Waals surface area contributed by atoms with Crippen molar-refractivity contribution in [2.75, 3.05) is 20.7 Å². The van der Waals surface area contributed by atoms with Crippen molar-refractivity contribution < 1.29 is 18.8 Å². The Balaban J connectivity index is 1.67. The van der Waals surface area contributed by atoms with Crippen LogP contribution in [-0.2, 0) is 24.4 Å². The lowest BCUT2D eigenvalue weighted by molar-refractivity contribution is -0.885. The number of quaternary nitrogens is 1. The second-order valence-electron chi connectivity index (χ2n) is 7.50. The summed E-state index contributed by atoms with van der Waals surface area (Å²) < 4.78 is 18.9. The molecule has 0 radical (unpaired) electrons. The smallest absolute Gasteiger partial charge is 0.278 e. The summed E-state index contributed by atoms with van der Waals surface area (Å²) in [5.41, 5.74) is 3.02. The van der Waals surface area contributed by atoms with Crippen molar-refractivity contribution in [3.63, 3.8) is 0 Å². The molecule has 0 heterocycles. The molecule has 3 rings (SSSR count). The van der Waals surface area contributed by atoms with Crippen LogP contribution < -0.4 is 9.64 Å². The molecule has 0 fully saturated rings. The highest BCUT2D eigenvalue weighted by molar-refractivity contribution is 5.77. The van der Waals surface area contributed by atoms with Crippen molar-refractivity contribution in [2.45, 2.75) is 19.6 Å². The number of benzene rings is 3. The third-order valence-corrected chi connectivity index (χ3v) is 4.96. The van der Waals surface area contributed by atoms with Gasteiger partial charge in [0.2, 0.25) is 0 Å². The van der Waals surface area contributed by atoms with Gasteiger partial charge >= 0.3 is 0 Å². The number of likely N-dealkylation sites (N-methyl/N-ethyl adjacent to an activating group) is 1. The molecule has 0 spiro atoms. The molecule has 1 amide bonds. The minimum absolute atomic E-state index is 0.0641. The van der Waals surface area contributed by atoms with Crippen molar-refractivity contribution in [2.24, 2.45) is 0 Å². The monoisotopic (exact) mass is 407 g/mol. The maximum atomic E-state index is 14.0. The Labute approximate surface area is 177 Å². The lowest BCUT2D eigenvalue weighted by Crippen LogP contribution is -3.08. The van der Waals surface area contributed by atoms with Gasteiger partial charge in [0.25, 0.3) is 5.91 Å². The van der Waals surface area contributed by atoms with Crippen LogP contribution in [-0.4, -0.2) is 31.5 Å². The Bertz CT molecular complexity index is 906. The second kappa shape index (κ2) is 10.6. The van der Waals surface area contributed by atoms with E-state index in [1.807, 2.05) is 78.7 Å². The van der Waals surface area contributed by atoms with Crippen LogP contribution in [0.5, 0.6) is 5.75 Å². The molecule has 156 valence electrons. The molecule has 0 aliphatic rings. The first-order chi connectivity index (χ1) is 14.5. The van der Waals surface area contributed by atoms with Gasteiger partial charge in [0.15, 0.2) is 18.1 Å². The van der Waals surface area contributed by atoms with Crippen molar-refractivity contribution in [3.05, 3.63) is 101 Å². The van der Waals surface area contributed by atoms with Gasteiger partial charge in [-0.05, 0) is 29.3 Å². The number of nitrogens with one attached hydrogen (secondary N) is 1. The van der Waals surface area contributed by atoms with Gasteiger partial charge in [-0.1, -0.05) is 60.7 Å². The van der Waals surface area contributed by atoms with Gasteiger partial charge in [0.1, 0.15) is 6.54 Å². The standard InChI is InChI=1S/C25H27FN2O2/c1-27(16-22-13-14-24(30-2)23(26)15-22)19-25(29)28(17-20-9-5-3-6-10-20)18-21-11-7-4-8-12-21/h3-15H,16-19H2,1-2H3/p+1. The lowest BCUT2D eigenvalue weighted by Gasteiger charge is -2.24. The van der Waals surface area contributed by atoms with Crippen LogP contribution in [0.4, 0.5) is 4.39 Å². The van der Waals surface area contributed by atoms with Crippen molar-refractivity contribution in [1.29, 1.82) is 0 Å². The van der Waals surface area contributed by atoms with E-state index in [1.54, 1.807) is 6.07 Å². The summed E-state index contributed by atoms with van der Waals surface area (Å²) >= 11 is 0. The van der Waals surface area contributed by atoms with Crippen LogP contribution in [0.2, 0.25) is 0 Å². The van der Waals surface area contributed by atoms with Crippen molar-refractivity contribution >= 4 is 5.91 Å². The molecular weight excluding hydrogens is 379 g/mol. The Morgan fingerprint density at radius 1 is 0.900 bits per heavy atom. The minimum Gasteiger partial charge on any atom is -0.494 e. The number of hydrogen-bond acceptors (Lipinski definition) is 2. The average molecular weight is 408 g/mol. The van der Waals surface area contributed by atoms with Gasteiger partial charge in [-0.2, -0.15) is 0 Å². The number of amides is 1.